The van der Waals surface area contributed by atoms with E-state index in [1.165, 1.54) is 25.7 Å². The van der Waals surface area contributed by atoms with Crippen molar-refractivity contribution < 1.29 is 4.79 Å². The number of amides is 1. The minimum absolute atomic E-state index is 0.234. The van der Waals surface area contributed by atoms with Crippen LogP contribution in [0.2, 0.25) is 0 Å². The Morgan fingerprint density at radius 2 is 2.00 bits per heavy atom. The molecule has 0 heterocycles. The summed E-state index contributed by atoms with van der Waals surface area (Å²) < 4.78 is 0. The van der Waals surface area contributed by atoms with Gasteiger partial charge in [-0.15, -0.1) is 0 Å². The second-order valence-corrected chi connectivity index (χ2v) is 7.00. The normalized spacial score (nSPS) is 25.6. The van der Waals surface area contributed by atoms with Crippen LogP contribution >= 0.6 is 0 Å². The van der Waals surface area contributed by atoms with E-state index in [9.17, 15) is 4.79 Å². The molecule has 1 saturated carbocycles. The third kappa shape index (κ3) is 6.70. The zero-order valence-corrected chi connectivity index (χ0v) is 12.0. The van der Waals surface area contributed by atoms with Gasteiger partial charge in [0.15, 0.2) is 0 Å². The highest BCUT2D eigenvalue weighted by atomic mass is 16.1. The van der Waals surface area contributed by atoms with E-state index in [1.54, 1.807) is 0 Å². The molecule has 1 aliphatic rings. The van der Waals surface area contributed by atoms with Crippen LogP contribution in [0.5, 0.6) is 0 Å². The lowest BCUT2D eigenvalue weighted by molar-refractivity contribution is -0.121. The highest BCUT2D eigenvalue weighted by Gasteiger charge is 2.19. The molecule has 2 unspecified atom stereocenters. The van der Waals surface area contributed by atoms with Crippen molar-refractivity contribution in [2.75, 3.05) is 6.54 Å². The van der Waals surface area contributed by atoms with Crippen molar-refractivity contribution in [3.63, 3.8) is 0 Å². The quantitative estimate of drug-likeness (QED) is 0.795. The summed E-state index contributed by atoms with van der Waals surface area (Å²) >= 11 is 0. The summed E-state index contributed by atoms with van der Waals surface area (Å²) in [6, 6.07) is 0. The van der Waals surface area contributed by atoms with E-state index in [-0.39, 0.29) is 11.3 Å². The lowest BCUT2D eigenvalue weighted by Crippen LogP contribution is -2.31. The van der Waals surface area contributed by atoms with E-state index < -0.39 is 0 Å². The van der Waals surface area contributed by atoms with Gasteiger partial charge in [0.2, 0.25) is 5.91 Å². The van der Waals surface area contributed by atoms with Crippen LogP contribution in [0.25, 0.3) is 0 Å². The van der Waals surface area contributed by atoms with Gasteiger partial charge in [-0.1, -0.05) is 40.5 Å². The number of carbonyl (C=O) groups is 1. The predicted octanol–water partition coefficient (Wildman–Crippen LogP) is 3.76. The third-order valence-corrected chi connectivity index (χ3v) is 3.73. The van der Waals surface area contributed by atoms with Crippen LogP contribution in [0.1, 0.15) is 66.2 Å². The molecule has 1 rings (SSSR count). The Kier molecular flexibility index (Phi) is 5.48. The molecule has 0 radical (unpaired) electrons. The number of hydrogen-bond acceptors (Lipinski definition) is 1. The van der Waals surface area contributed by atoms with E-state index >= 15 is 0 Å². The highest BCUT2D eigenvalue weighted by molar-refractivity contribution is 5.75. The fourth-order valence-electron chi connectivity index (χ4n) is 2.58. The molecule has 0 aromatic carbocycles. The van der Waals surface area contributed by atoms with Gasteiger partial charge in [-0.05, 0) is 36.5 Å². The molecule has 0 aliphatic heterocycles. The van der Waals surface area contributed by atoms with E-state index in [0.29, 0.717) is 6.42 Å². The first kappa shape index (κ1) is 14.5. The van der Waals surface area contributed by atoms with Crippen LogP contribution in [0.3, 0.4) is 0 Å². The van der Waals surface area contributed by atoms with E-state index in [2.05, 4.69) is 33.0 Å². The predicted molar refractivity (Wildman–Crippen MR) is 72.8 cm³/mol. The zero-order chi connectivity index (χ0) is 12.9. The molecular weight excluding hydrogens is 210 g/mol. The molecule has 1 N–H and O–H groups in total. The standard InChI is InChI=1S/C15H29NO/c1-12-6-5-7-13(10-12)11-16-14(17)8-9-15(2,3)4/h12-13H,5-11H2,1-4H3,(H,16,17). The second kappa shape index (κ2) is 6.42. The average molecular weight is 239 g/mol. The molecule has 100 valence electrons. The van der Waals surface area contributed by atoms with Crippen LogP contribution in [0, 0.1) is 17.3 Å². The summed E-state index contributed by atoms with van der Waals surface area (Å²) in [6.07, 6.45) is 6.94. The van der Waals surface area contributed by atoms with Crippen molar-refractivity contribution in [1.29, 1.82) is 0 Å². The molecule has 1 amide bonds. The SMILES string of the molecule is CC1CCCC(CNC(=O)CCC(C)(C)C)C1. The topological polar surface area (TPSA) is 29.1 Å². The van der Waals surface area contributed by atoms with Crippen molar-refractivity contribution in [1.82, 2.24) is 5.32 Å². The van der Waals surface area contributed by atoms with Gasteiger partial charge in [-0.3, -0.25) is 4.79 Å². The Labute approximate surface area is 107 Å². The first-order valence-electron chi connectivity index (χ1n) is 7.13. The van der Waals surface area contributed by atoms with E-state index in [0.717, 1.165) is 24.8 Å². The van der Waals surface area contributed by atoms with Crippen molar-refractivity contribution in [2.45, 2.75) is 66.2 Å². The van der Waals surface area contributed by atoms with Crippen LogP contribution in [0.4, 0.5) is 0 Å². The number of hydrogen-bond donors (Lipinski definition) is 1. The van der Waals surface area contributed by atoms with Crippen LogP contribution in [-0.4, -0.2) is 12.5 Å². The maximum atomic E-state index is 11.7. The Bertz CT molecular complexity index is 242. The third-order valence-electron chi connectivity index (χ3n) is 3.73. The summed E-state index contributed by atoms with van der Waals surface area (Å²) in [6.45, 7) is 9.77. The lowest BCUT2D eigenvalue weighted by atomic mass is 9.82. The van der Waals surface area contributed by atoms with Gasteiger partial charge in [0, 0.05) is 13.0 Å². The van der Waals surface area contributed by atoms with Crippen molar-refractivity contribution in [2.24, 2.45) is 17.3 Å². The molecule has 2 atom stereocenters. The monoisotopic (exact) mass is 239 g/mol. The van der Waals surface area contributed by atoms with E-state index in [4.69, 9.17) is 0 Å². The summed E-state index contributed by atoms with van der Waals surface area (Å²) in [5.74, 6) is 1.80. The van der Waals surface area contributed by atoms with E-state index in [1.807, 2.05) is 0 Å². The van der Waals surface area contributed by atoms with Gasteiger partial charge in [0.1, 0.15) is 0 Å². The number of nitrogens with one attached hydrogen (secondary N) is 1. The summed E-state index contributed by atoms with van der Waals surface area (Å²) in [4.78, 5) is 11.7. The summed E-state index contributed by atoms with van der Waals surface area (Å²) in [5.41, 5.74) is 0.261. The van der Waals surface area contributed by atoms with Gasteiger partial charge >= 0.3 is 0 Å². The Morgan fingerprint density at radius 1 is 1.29 bits per heavy atom. The molecule has 0 aromatic heterocycles. The van der Waals surface area contributed by atoms with Gasteiger partial charge in [0.05, 0.1) is 0 Å². The molecule has 2 heteroatoms. The molecule has 0 bridgehead atoms. The summed E-state index contributed by atoms with van der Waals surface area (Å²) in [5, 5.41) is 3.11. The number of rotatable bonds is 4. The molecule has 1 aliphatic carbocycles. The maximum Gasteiger partial charge on any atom is 0.220 e. The molecular formula is C15H29NO. The van der Waals surface area contributed by atoms with Crippen LogP contribution < -0.4 is 5.32 Å². The summed E-state index contributed by atoms with van der Waals surface area (Å²) in [7, 11) is 0. The molecule has 0 spiro atoms. The fourth-order valence-corrected chi connectivity index (χ4v) is 2.58. The molecule has 0 aromatic rings. The largest absolute Gasteiger partial charge is 0.356 e. The average Bonchev–Trinajstić information content (AvgIpc) is 2.23. The Morgan fingerprint density at radius 3 is 2.59 bits per heavy atom. The molecule has 17 heavy (non-hydrogen) atoms. The smallest absolute Gasteiger partial charge is 0.220 e. The van der Waals surface area contributed by atoms with Crippen LogP contribution in [-0.2, 0) is 4.79 Å². The van der Waals surface area contributed by atoms with Gasteiger partial charge in [-0.2, -0.15) is 0 Å². The van der Waals surface area contributed by atoms with Crippen molar-refractivity contribution in [3.8, 4) is 0 Å². The van der Waals surface area contributed by atoms with Gasteiger partial charge in [-0.25, -0.2) is 0 Å². The second-order valence-electron chi connectivity index (χ2n) is 7.00. The van der Waals surface area contributed by atoms with Crippen LogP contribution in [0.15, 0.2) is 0 Å². The minimum Gasteiger partial charge on any atom is -0.356 e. The van der Waals surface area contributed by atoms with Gasteiger partial charge in [0.25, 0.3) is 0 Å². The molecule has 2 nitrogen and oxygen atoms in total. The lowest BCUT2D eigenvalue weighted by Gasteiger charge is -2.27. The molecule has 0 saturated heterocycles. The maximum absolute atomic E-state index is 11.7. The fraction of sp³-hybridized carbons (Fsp3) is 0.933. The minimum atomic E-state index is 0.234. The van der Waals surface area contributed by atoms with Crippen molar-refractivity contribution >= 4 is 5.91 Å². The Balaban J connectivity index is 2.15. The Hall–Kier alpha value is -0.530. The van der Waals surface area contributed by atoms with Crippen molar-refractivity contribution in [3.05, 3.63) is 0 Å². The molecule has 1 fully saturated rings. The number of carbonyl (C=O) groups excluding carboxylic acids is 1. The highest BCUT2D eigenvalue weighted by Crippen LogP contribution is 2.28. The zero-order valence-electron chi connectivity index (χ0n) is 12.0. The first-order valence-corrected chi connectivity index (χ1v) is 7.13. The van der Waals surface area contributed by atoms with Gasteiger partial charge < -0.3 is 5.32 Å². The first-order chi connectivity index (χ1) is 7.87.